The lowest BCUT2D eigenvalue weighted by Gasteiger charge is -2.33. The van der Waals surface area contributed by atoms with Gasteiger partial charge in [-0.2, -0.15) is 13.2 Å². The monoisotopic (exact) mass is 354 g/mol. The lowest BCUT2D eigenvalue weighted by Crippen LogP contribution is -2.50. The van der Waals surface area contributed by atoms with Gasteiger partial charge in [-0.1, -0.05) is 0 Å². The fourth-order valence-electron chi connectivity index (χ4n) is 2.41. The van der Waals surface area contributed by atoms with Crippen molar-refractivity contribution in [2.75, 3.05) is 13.1 Å². The zero-order valence-corrected chi connectivity index (χ0v) is 13.2. The van der Waals surface area contributed by atoms with E-state index < -0.39 is 17.9 Å². The highest BCUT2D eigenvalue weighted by Crippen LogP contribution is 2.32. The van der Waals surface area contributed by atoms with Gasteiger partial charge in [-0.3, -0.25) is 4.79 Å². The number of amides is 1. The zero-order valence-electron chi connectivity index (χ0n) is 13.2. The van der Waals surface area contributed by atoms with Crippen molar-refractivity contribution >= 4 is 12.1 Å². The first-order valence-electron chi connectivity index (χ1n) is 7.44. The third-order valence-electron chi connectivity index (χ3n) is 3.69. The summed E-state index contributed by atoms with van der Waals surface area (Å²) >= 11 is 0. The molecule has 25 heavy (non-hydrogen) atoms. The summed E-state index contributed by atoms with van der Waals surface area (Å²) in [6.07, 6.45) is -1.63. The van der Waals surface area contributed by atoms with Crippen molar-refractivity contribution in [2.45, 2.75) is 19.3 Å². The number of nitrogens with zero attached hydrogens (tertiary/aromatic N) is 4. The molecule has 1 aromatic carbocycles. The zero-order chi connectivity index (χ0) is 18.2. The number of aromatic nitrogens is 3. The van der Waals surface area contributed by atoms with Crippen LogP contribution in [0.15, 0.2) is 30.6 Å². The first kappa shape index (κ1) is 17.1. The minimum absolute atomic E-state index is 0.0648. The molecular weight excluding hydrogens is 340 g/mol. The smallest absolute Gasteiger partial charge is 0.333 e. The Kier molecular flexibility index (Phi) is 4.32. The summed E-state index contributed by atoms with van der Waals surface area (Å²) < 4.78 is 52.6. The summed E-state index contributed by atoms with van der Waals surface area (Å²) in [5, 5.41) is 4.04. The Morgan fingerprint density at radius 3 is 2.64 bits per heavy atom. The van der Waals surface area contributed by atoms with Gasteiger partial charge in [-0.15, -0.1) is 5.10 Å². The molecule has 2 aromatic rings. The Morgan fingerprint density at radius 1 is 1.28 bits per heavy atom. The number of hydrogen-bond donors (Lipinski definition) is 0. The van der Waals surface area contributed by atoms with Gasteiger partial charge in [0.05, 0.1) is 18.7 Å². The van der Waals surface area contributed by atoms with Crippen LogP contribution in [0.3, 0.4) is 0 Å². The largest absolute Gasteiger partial charge is 0.416 e. The van der Waals surface area contributed by atoms with E-state index in [9.17, 15) is 22.4 Å². The van der Waals surface area contributed by atoms with E-state index in [-0.39, 0.29) is 30.4 Å². The number of carbonyl (C=O) groups is 1. The van der Waals surface area contributed by atoms with E-state index in [1.54, 1.807) is 13.0 Å². The van der Waals surface area contributed by atoms with E-state index in [0.29, 0.717) is 5.56 Å². The number of alkyl halides is 4. The fraction of sp³-hybridized carbons (Fsp3) is 0.312. The molecule has 132 valence electrons. The number of likely N-dealkylation sites (tertiary alicyclic amines) is 1. The SMILES string of the molecule is Cc1cc(-c2ncn(C=CC(=O)N3CC(F)C3)n2)cc(C(F)(F)F)c1. The lowest BCUT2D eigenvalue weighted by atomic mass is 10.1. The van der Waals surface area contributed by atoms with Crippen molar-refractivity contribution in [3.8, 4) is 11.4 Å². The second kappa shape index (κ2) is 6.30. The Hall–Kier alpha value is -2.71. The van der Waals surface area contributed by atoms with Crippen molar-refractivity contribution in [1.82, 2.24) is 19.7 Å². The molecule has 5 nitrogen and oxygen atoms in total. The van der Waals surface area contributed by atoms with Gasteiger partial charge in [-0.25, -0.2) is 14.1 Å². The Bertz CT molecular complexity index is 822. The van der Waals surface area contributed by atoms with Crippen LogP contribution in [-0.4, -0.2) is 44.8 Å². The van der Waals surface area contributed by atoms with Gasteiger partial charge in [0.2, 0.25) is 5.91 Å². The fourth-order valence-corrected chi connectivity index (χ4v) is 2.41. The molecule has 0 unspecified atom stereocenters. The van der Waals surface area contributed by atoms with Crippen LogP contribution in [0.2, 0.25) is 0 Å². The third-order valence-corrected chi connectivity index (χ3v) is 3.69. The lowest BCUT2D eigenvalue weighted by molar-refractivity contribution is -0.137. The Balaban J connectivity index is 1.77. The normalized spacial score (nSPS) is 15.6. The van der Waals surface area contributed by atoms with Gasteiger partial charge in [0, 0.05) is 17.8 Å². The molecule has 1 aliphatic rings. The number of rotatable bonds is 3. The average Bonchev–Trinajstić information content (AvgIpc) is 2.97. The van der Waals surface area contributed by atoms with Gasteiger partial charge < -0.3 is 4.90 Å². The number of halogens is 4. The van der Waals surface area contributed by atoms with Crippen molar-refractivity contribution in [3.63, 3.8) is 0 Å². The molecule has 3 rings (SSSR count). The molecule has 0 spiro atoms. The van der Waals surface area contributed by atoms with Crippen LogP contribution < -0.4 is 0 Å². The predicted octanol–water partition coefficient (Wildman–Crippen LogP) is 2.92. The van der Waals surface area contributed by atoms with E-state index in [4.69, 9.17) is 0 Å². The Labute approximate surface area is 140 Å². The van der Waals surface area contributed by atoms with Crippen LogP contribution in [0.25, 0.3) is 17.6 Å². The topological polar surface area (TPSA) is 51.0 Å². The van der Waals surface area contributed by atoms with Gasteiger partial charge in [0.25, 0.3) is 0 Å². The van der Waals surface area contributed by atoms with Crippen LogP contribution in [0.4, 0.5) is 17.6 Å². The van der Waals surface area contributed by atoms with Crippen molar-refractivity contribution in [2.24, 2.45) is 0 Å². The van der Waals surface area contributed by atoms with Gasteiger partial charge in [0.1, 0.15) is 12.5 Å². The number of hydrogen-bond acceptors (Lipinski definition) is 3. The standard InChI is InChI=1S/C16H14F4N4O/c1-10-4-11(6-12(5-10)16(18,19)20)15-21-9-24(22-15)3-2-14(25)23-7-13(17)8-23/h2-6,9,13H,7-8H2,1H3. The first-order chi connectivity index (χ1) is 11.7. The van der Waals surface area contributed by atoms with Crippen LogP contribution in [0.1, 0.15) is 11.1 Å². The van der Waals surface area contributed by atoms with Crippen molar-refractivity contribution in [1.29, 1.82) is 0 Å². The highest BCUT2D eigenvalue weighted by Gasteiger charge is 2.31. The summed E-state index contributed by atoms with van der Waals surface area (Å²) in [6.45, 7) is 1.68. The summed E-state index contributed by atoms with van der Waals surface area (Å²) in [6, 6.07) is 3.57. The van der Waals surface area contributed by atoms with E-state index in [1.807, 2.05) is 0 Å². The Morgan fingerprint density at radius 2 is 2.00 bits per heavy atom. The molecule has 1 aromatic heterocycles. The van der Waals surface area contributed by atoms with E-state index in [1.165, 1.54) is 28.2 Å². The van der Waals surface area contributed by atoms with Crippen LogP contribution in [0.5, 0.6) is 0 Å². The molecule has 1 fully saturated rings. The van der Waals surface area contributed by atoms with Crippen LogP contribution >= 0.6 is 0 Å². The summed E-state index contributed by atoms with van der Waals surface area (Å²) in [5.74, 6) is -0.250. The molecular formula is C16H14F4N4O. The van der Waals surface area contributed by atoms with Crippen molar-refractivity contribution < 1.29 is 22.4 Å². The van der Waals surface area contributed by atoms with E-state index in [2.05, 4.69) is 10.1 Å². The maximum absolute atomic E-state index is 12.9. The molecule has 1 saturated heterocycles. The molecule has 0 aliphatic carbocycles. The number of aryl methyl sites for hydroxylation is 1. The second-order valence-corrected chi connectivity index (χ2v) is 5.79. The van der Waals surface area contributed by atoms with E-state index in [0.717, 1.165) is 12.1 Å². The average molecular weight is 354 g/mol. The first-order valence-corrected chi connectivity index (χ1v) is 7.44. The highest BCUT2D eigenvalue weighted by atomic mass is 19.4. The van der Waals surface area contributed by atoms with Gasteiger partial charge in [0.15, 0.2) is 5.82 Å². The number of benzene rings is 1. The minimum atomic E-state index is -4.46. The van der Waals surface area contributed by atoms with Crippen molar-refractivity contribution in [3.05, 3.63) is 41.7 Å². The summed E-state index contributed by atoms with van der Waals surface area (Å²) in [5.41, 5.74) is -0.109. The van der Waals surface area contributed by atoms with Crippen LogP contribution in [-0.2, 0) is 11.0 Å². The molecule has 1 amide bonds. The molecule has 0 bridgehead atoms. The molecule has 2 heterocycles. The van der Waals surface area contributed by atoms with E-state index >= 15 is 0 Å². The quantitative estimate of drug-likeness (QED) is 0.629. The predicted molar refractivity (Wildman–Crippen MR) is 82.0 cm³/mol. The maximum Gasteiger partial charge on any atom is 0.416 e. The summed E-state index contributed by atoms with van der Waals surface area (Å²) in [7, 11) is 0. The van der Waals surface area contributed by atoms with Crippen LogP contribution in [0, 0.1) is 6.92 Å². The molecule has 0 saturated carbocycles. The molecule has 0 N–H and O–H groups in total. The molecule has 0 radical (unpaired) electrons. The molecule has 0 atom stereocenters. The minimum Gasteiger partial charge on any atom is -0.333 e. The molecule has 1 aliphatic heterocycles. The molecule has 9 heteroatoms. The highest BCUT2D eigenvalue weighted by molar-refractivity contribution is 5.90. The second-order valence-electron chi connectivity index (χ2n) is 5.79. The maximum atomic E-state index is 12.9. The van der Waals surface area contributed by atoms with Gasteiger partial charge in [-0.05, 0) is 30.7 Å². The van der Waals surface area contributed by atoms with Gasteiger partial charge >= 0.3 is 6.18 Å². The number of carbonyl (C=O) groups excluding carboxylic acids is 1. The summed E-state index contributed by atoms with van der Waals surface area (Å²) in [4.78, 5) is 17.0. The third kappa shape index (κ3) is 3.86.